The SMILES string of the molecule is C=C(C)CC/C=C\CC. The van der Waals surface area contributed by atoms with Crippen LogP contribution in [0.3, 0.4) is 0 Å². The highest BCUT2D eigenvalue weighted by atomic mass is 13.9. The minimum atomic E-state index is 1.14. The molecule has 0 aromatic heterocycles. The lowest BCUT2D eigenvalue weighted by molar-refractivity contribution is 0.976. The van der Waals surface area contributed by atoms with Crippen molar-refractivity contribution >= 4 is 0 Å². The van der Waals surface area contributed by atoms with Crippen LogP contribution in [0.15, 0.2) is 24.3 Å². The third-order valence-corrected chi connectivity index (χ3v) is 1.14. The summed E-state index contributed by atoms with van der Waals surface area (Å²) in [4.78, 5) is 0. The second kappa shape index (κ2) is 5.61. The van der Waals surface area contributed by atoms with Crippen LogP contribution in [0.4, 0.5) is 0 Å². The van der Waals surface area contributed by atoms with E-state index in [-0.39, 0.29) is 0 Å². The first-order valence-corrected chi connectivity index (χ1v) is 3.56. The highest BCUT2D eigenvalue weighted by Crippen LogP contribution is 2.00. The van der Waals surface area contributed by atoms with Crippen LogP contribution < -0.4 is 0 Å². The zero-order valence-corrected chi connectivity index (χ0v) is 6.48. The fourth-order valence-electron chi connectivity index (χ4n) is 0.614. The van der Waals surface area contributed by atoms with Crippen molar-refractivity contribution in [2.45, 2.75) is 33.1 Å². The molecule has 0 fully saturated rings. The van der Waals surface area contributed by atoms with E-state index in [0.717, 1.165) is 19.3 Å². The largest absolute Gasteiger partial charge is 0.100 e. The van der Waals surface area contributed by atoms with E-state index < -0.39 is 0 Å². The van der Waals surface area contributed by atoms with Gasteiger partial charge in [-0.3, -0.25) is 0 Å². The molecule has 0 spiro atoms. The minimum absolute atomic E-state index is 1.14. The summed E-state index contributed by atoms with van der Waals surface area (Å²) in [5.74, 6) is 0. The van der Waals surface area contributed by atoms with E-state index in [1.165, 1.54) is 5.57 Å². The van der Waals surface area contributed by atoms with Gasteiger partial charge >= 0.3 is 0 Å². The van der Waals surface area contributed by atoms with E-state index in [0.29, 0.717) is 0 Å². The molecule has 0 aliphatic carbocycles. The highest BCUT2D eigenvalue weighted by Gasteiger charge is 1.80. The molecule has 0 rings (SSSR count). The molecule has 0 radical (unpaired) electrons. The first-order valence-electron chi connectivity index (χ1n) is 3.56. The van der Waals surface area contributed by atoms with Crippen LogP contribution in [0.2, 0.25) is 0 Å². The van der Waals surface area contributed by atoms with E-state index in [4.69, 9.17) is 0 Å². The van der Waals surface area contributed by atoms with Crippen LogP contribution >= 0.6 is 0 Å². The lowest BCUT2D eigenvalue weighted by Gasteiger charge is -1.90. The van der Waals surface area contributed by atoms with Crippen molar-refractivity contribution in [1.29, 1.82) is 0 Å². The van der Waals surface area contributed by atoms with Gasteiger partial charge in [-0.1, -0.05) is 24.6 Å². The van der Waals surface area contributed by atoms with Gasteiger partial charge in [0.25, 0.3) is 0 Å². The maximum Gasteiger partial charge on any atom is -0.0291 e. The Morgan fingerprint density at radius 3 is 2.56 bits per heavy atom. The molecule has 0 aliphatic heterocycles. The van der Waals surface area contributed by atoms with Crippen molar-refractivity contribution in [2.24, 2.45) is 0 Å². The summed E-state index contributed by atoms with van der Waals surface area (Å²) < 4.78 is 0. The summed E-state index contributed by atoms with van der Waals surface area (Å²) in [6.45, 7) is 8.04. The van der Waals surface area contributed by atoms with Gasteiger partial charge in [0.15, 0.2) is 0 Å². The maximum absolute atomic E-state index is 3.82. The average molecular weight is 124 g/mol. The first kappa shape index (κ1) is 8.48. The lowest BCUT2D eigenvalue weighted by Crippen LogP contribution is -1.70. The van der Waals surface area contributed by atoms with E-state index >= 15 is 0 Å². The van der Waals surface area contributed by atoms with Crippen LogP contribution in [0.25, 0.3) is 0 Å². The van der Waals surface area contributed by atoms with Crippen molar-refractivity contribution in [3.8, 4) is 0 Å². The third-order valence-electron chi connectivity index (χ3n) is 1.14. The minimum Gasteiger partial charge on any atom is -0.100 e. The second-order valence-electron chi connectivity index (χ2n) is 2.38. The van der Waals surface area contributed by atoms with Crippen LogP contribution in [0, 0.1) is 0 Å². The molecule has 0 atom stereocenters. The Bertz CT molecular complexity index is 98.6. The summed E-state index contributed by atoms with van der Waals surface area (Å²) in [7, 11) is 0. The molecule has 0 bridgehead atoms. The van der Waals surface area contributed by atoms with Crippen molar-refractivity contribution in [2.75, 3.05) is 0 Å². The topological polar surface area (TPSA) is 0 Å². The van der Waals surface area contributed by atoms with Crippen molar-refractivity contribution < 1.29 is 0 Å². The molecule has 0 N–H and O–H groups in total. The zero-order chi connectivity index (χ0) is 7.11. The van der Waals surface area contributed by atoms with Gasteiger partial charge in [-0.2, -0.15) is 0 Å². The fourth-order valence-corrected chi connectivity index (χ4v) is 0.614. The number of rotatable bonds is 4. The van der Waals surface area contributed by atoms with Crippen LogP contribution in [0.1, 0.15) is 33.1 Å². The molecule has 0 saturated heterocycles. The van der Waals surface area contributed by atoms with Gasteiger partial charge in [-0.25, -0.2) is 0 Å². The van der Waals surface area contributed by atoms with Gasteiger partial charge in [0.1, 0.15) is 0 Å². The zero-order valence-electron chi connectivity index (χ0n) is 6.48. The van der Waals surface area contributed by atoms with Gasteiger partial charge in [0, 0.05) is 0 Å². The predicted molar refractivity (Wildman–Crippen MR) is 43.5 cm³/mol. The molecule has 0 nitrogen and oxygen atoms in total. The van der Waals surface area contributed by atoms with E-state index in [1.807, 2.05) is 0 Å². The molecule has 9 heavy (non-hydrogen) atoms. The fraction of sp³-hybridized carbons (Fsp3) is 0.556. The van der Waals surface area contributed by atoms with Crippen molar-refractivity contribution in [1.82, 2.24) is 0 Å². The van der Waals surface area contributed by atoms with Gasteiger partial charge in [0.05, 0.1) is 0 Å². The van der Waals surface area contributed by atoms with Crippen LogP contribution in [-0.2, 0) is 0 Å². The Labute approximate surface area is 58.3 Å². The second-order valence-corrected chi connectivity index (χ2v) is 2.38. The number of allylic oxidation sites excluding steroid dienone is 3. The molecule has 0 heterocycles. The van der Waals surface area contributed by atoms with E-state index in [2.05, 4.69) is 32.6 Å². The monoisotopic (exact) mass is 124 g/mol. The Morgan fingerprint density at radius 2 is 2.11 bits per heavy atom. The van der Waals surface area contributed by atoms with Crippen LogP contribution in [-0.4, -0.2) is 0 Å². The summed E-state index contributed by atoms with van der Waals surface area (Å²) in [6, 6.07) is 0. The lowest BCUT2D eigenvalue weighted by atomic mass is 10.2. The molecule has 0 heteroatoms. The molecule has 52 valence electrons. The smallest absolute Gasteiger partial charge is 0.0291 e. The number of hydrogen-bond donors (Lipinski definition) is 0. The van der Waals surface area contributed by atoms with Crippen molar-refractivity contribution in [3.05, 3.63) is 24.3 Å². The molecular weight excluding hydrogens is 108 g/mol. The standard InChI is InChI=1S/C9H16/c1-4-5-6-7-8-9(2)3/h5-6H,2,4,7-8H2,1,3H3/b6-5-. The average Bonchev–Trinajstić information content (AvgIpc) is 1.80. The van der Waals surface area contributed by atoms with E-state index in [9.17, 15) is 0 Å². The first-order chi connectivity index (χ1) is 4.27. The Kier molecular flexibility index (Phi) is 5.29. The van der Waals surface area contributed by atoms with Gasteiger partial charge in [-0.05, 0) is 26.2 Å². The molecule has 0 aromatic rings. The summed E-state index contributed by atoms with van der Waals surface area (Å²) in [5, 5.41) is 0. The van der Waals surface area contributed by atoms with Crippen molar-refractivity contribution in [3.63, 3.8) is 0 Å². The molecular formula is C9H16. The Hall–Kier alpha value is -0.520. The van der Waals surface area contributed by atoms with Gasteiger partial charge in [-0.15, -0.1) is 6.58 Å². The summed E-state index contributed by atoms with van der Waals surface area (Å²) in [5.41, 5.74) is 1.27. The van der Waals surface area contributed by atoms with Gasteiger partial charge < -0.3 is 0 Å². The molecule has 0 unspecified atom stereocenters. The molecule has 0 aromatic carbocycles. The predicted octanol–water partition coefficient (Wildman–Crippen LogP) is 3.31. The number of hydrogen-bond acceptors (Lipinski definition) is 0. The van der Waals surface area contributed by atoms with Gasteiger partial charge in [0.2, 0.25) is 0 Å². The summed E-state index contributed by atoms with van der Waals surface area (Å²) in [6.07, 6.45) is 7.85. The quantitative estimate of drug-likeness (QED) is 0.504. The Morgan fingerprint density at radius 1 is 1.44 bits per heavy atom. The molecule has 0 aliphatic rings. The highest BCUT2D eigenvalue weighted by molar-refractivity contribution is 4.92. The molecule has 0 amide bonds. The molecule has 0 saturated carbocycles. The third kappa shape index (κ3) is 7.48. The Balaban J connectivity index is 3.09. The summed E-state index contributed by atoms with van der Waals surface area (Å²) >= 11 is 0. The van der Waals surface area contributed by atoms with E-state index in [1.54, 1.807) is 0 Å². The normalized spacial score (nSPS) is 10.4. The maximum atomic E-state index is 3.82. The van der Waals surface area contributed by atoms with Crippen LogP contribution in [0.5, 0.6) is 0 Å².